The van der Waals surface area contributed by atoms with Crippen LogP contribution in [0.5, 0.6) is 0 Å². The first-order chi connectivity index (χ1) is 11.8. The van der Waals surface area contributed by atoms with Gasteiger partial charge in [-0.3, -0.25) is 14.4 Å². The first-order valence-electron chi connectivity index (χ1n) is 8.11. The number of carbonyl (C=O) groups is 3. The molecule has 1 saturated heterocycles. The highest BCUT2D eigenvalue weighted by Gasteiger charge is 2.43. The molecule has 1 atom stereocenters. The number of carbonyl (C=O) groups excluding carboxylic acids is 2. The highest BCUT2D eigenvalue weighted by Crippen LogP contribution is 2.33. The Morgan fingerprint density at radius 1 is 1.12 bits per heavy atom. The molecule has 6 nitrogen and oxygen atoms in total. The van der Waals surface area contributed by atoms with Gasteiger partial charge < -0.3 is 14.9 Å². The minimum absolute atomic E-state index is 0.0326. The van der Waals surface area contributed by atoms with Gasteiger partial charge in [-0.1, -0.05) is 0 Å². The van der Waals surface area contributed by atoms with Crippen LogP contribution in [0.2, 0.25) is 0 Å². The third-order valence-electron chi connectivity index (χ3n) is 4.46. The molecule has 0 spiro atoms. The van der Waals surface area contributed by atoms with Gasteiger partial charge in [0.05, 0.1) is 6.42 Å². The molecule has 0 aromatic heterocycles. The lowest BCUT2D eigenvalue weighted by molar-refractivity contribution is -0.156. The van der Waals surface area contributed by atoms with Crippen molar-refractivity contribution in [2.75, 3.05) is 13.1 Å². The van der Waals surface area contributed by atoms with Crippen LogP contribution < -0.4 is 0 Å². The van der Waals surface area contributed by atoms with Crippen LogP contribution >= 0.6 is 0 Å². The van der Waals surface area contributed by atoms with E-state index in [-0.39, 0.29) is 37.0 Å². The first-order valence-corrected chi connectivity index (χ1v) is 8.11. The summed E-state index contributed by atoms with van der Waals surface area (Å²) in [7, 11) is 0. The highest BCUT2D eigenvalue weighted by atomic mass is 19.1. The van der Waals surface area contributed by atoms with Crippen LogP contribution in [0.1, 0.15) is 24.8 Å². The monoisotopic (exact) mass is 352 g/mol. The van der Waals surface area contributed by atoms with E-state index in [1.807, 2.05) is 0 Å². The molecule has 134 valence electrons. The van der Waals surface area contributed by atoms with E-state index in [1.54, 1.807) is 0 Å². The lowest BCUT2D eigenvalue weighted by atomic mass is 10.0. The van der Waals surface area contributed by atoms with E-state index in [1.165, 1.54) is 9.80 Å². The topological polar surface area (TPSA) is 77.9 Å². The Morgan fingerprint density at radius 3 is 2.32 bits per heavy atom. The summed E-state index contributed by atoms with van der Waals surface area (Å²) in [5.41, 5.74) is 0.280. The van der Waals surface area contributed by atoms with Gasteiger partial charge >= 0.3 is 5.97 Å². The molecule has 1 unspecified atom stereocenters. The average Bonchev–Trinajstić information content (AvgIpc) is 3.34. The molecule has 1 aliphatic carbocycles. The van der Waals surface area contributed by atoms with Gasteiger partial charge in [0.15, 0.2) is 0 Å². The molecule has 1 N–H and O–H groups in total. The number of halogens is 2. The first kappa shape index (κ1) is 17.3. The number of nitrogens with zero attached hydrogens (tertiary/aromatic N) is 2. The molecular formula is C17H18F2N2O4. The van der Waals surface area contributed by atoms with E-state index in [2.05, 4.69) is 0 Å². The Bertz CT molecular complexity index is 700. The van der Waals surface area contributed by atoms with Crippen LogP contribution in [0.15, 0.2) is 18.2 Å². The van der Waals surface area contributed by atoms with Crippen molar-refractivity contribution < 1.29 is 28.3 Å². The number of hydrogen-bond donors (Lipinski definition) is 1. The van der Waals surface area contributed by atoms with E-state index in [0.717, 1.165) is 31.0 Å². The Kier molecular flexibility index (Phi) is 4.69. The number of piperazine rings is 1. The minimum atomic E-state index is -1.18. The fraction of sp³-hybridized carbons (Fsp3) is 0.471. The van der Waals surface area contributed by atoms with E-state index in [4.69, 9.17) is 5.11 Å². The smallest absolute Gasteiger partial charge is 0.305 e. The summed E-state index contributed by atoms with van der Waals surface area (Å²) >= 11 is 0. The molecule has 0 radical (unpaired) electrons. The second-order valence-electron chi connectivity index (χ2n) is 6.46. The molecule has 25 heavy (non-hydrogen) atoms. The maximum atomic E-state index is 13.3. The maximum absolute atomic E-state index is 13.3. The number of aliphatic carboxylic acids is 1. The third kappa shape index (κ3) is 3.94. The molecule has 3 rings (SSSR count). The number of benzene rings is 1. The van der Waals surface area contributed by atoms with Crippen molar-refractivity contribution in [3.05, 3.63) is 35.4 Å². The highest BCUT2D eigenvalue weighted by molar-refractivity contribution is 5.93. The van der Waals surface area contributed by atoms with Crippen molar-refractivity contribution in [1.29, 1.82) is 0 Å². The zero-order valence-corrected chi connectivity index (χ0v) is 13.5. The quantitative estimate of drug-likeness (QED) is 0.869. The normalized spacial score (nSPS) is 20.7. The zero-order chi connectivity index (χ0) is 18.1. The van der Waals surface area contributed by atoms with Gasteiger partial charge in [0.25, 0.3) is 0 Å². The summed E-state index contributed by atoms with van der Waals surface area (Å²) in [5.74, 6) is -3.47. The summed E-state index contributed by atoms with van der Waals surface area (Å²) < 4.78 is 26.6. The summed E-state index contributed by atoms with van der Waals surface area (Å²) in [6.45, 7) is 0.386. The average molecular weight is 352 g/mol. The molecule has 2 amide bonds. The van der Waals surface area contributed by atoms with Crippen LogP contribution in [0.4, 0.5) is 8.78 Å². The Hall–Kier alpha value is -2.51. The molecule has 8 heteroatoms. The van der Waals surface area contributed by atoms with E-state index in [0.29, 0.717) is 0 Å². The molecule has 1 saturated carbocycles. The number of hydrogen-bond acceptors (Lipinski definition) is 3. The summed E-state index contributed by atoms with van der Waals surface area (Å²) in [6.07, 6.45) is 1.04. The van der Waals surface area contributed by atoms with E-state index < -0.39 is 36.0 Å². The molecule has 0 bridgehead atoms. The predicted molar refractivity (Wildman–Crippen MR) is 82.3 cm³/mol. The van der Waals surface area contributed by atoms with Crippen LogP contribution in [0.25, 0.3) is 0 Å². The molecule has 2 fully saturated rings. The van der Waals surface area contributed by atoms with Crippen molar-refractivity contribution >= 4 is 17.8 Å². The van der Waals surface area contributed by atoms with E-state index in [9.17, 15) is 23.2 Å². The molecule has 1 aliphatic heterocycles. The number of carboxylic acid groups (broad SMARTS) is 1. The lowest BCUT2D eigenvalue weighted by Gasteiger charge is -2.40. The van der Waals surface area contributed by atoms with Crippen LogP contribution in [0, 0.1) is 17.6 Å². The van der Waals surface area contributed by atoms with Crippen molar-refractivity contribution in [2.45, 2.75) is 31.8 Å². The van der Waals surface area contributed by atoms with Crippen molar-refractivity contribution in [2.24, 2.45) is 5.92 Å². The molecular weight excluding hydrogens is 334 g/mol. The predicted octanol–water partition coefficient (Wildman–Crippen LogP) is 1.39. The molecule has 1 aromatic rings. The summed E-state index contributed by atoms with van der Waals surface area (Å²) in [6, 6.07) is 1.93. The number of amides is 2. The van der Waals surface area contributed by atoms with Gasteiger partial charge in [0.1, 0.15) is 17.7 Å². The van der Waals surface area contributed by atoms with Gasteiger partial charge in [-0.25, -0.2) is 8.78 Å². The molecule has 2 aliphatic rings. The summed E-state index contributed by atoms with van der Waals surface area (Å²) in [4.78, 5) is 38.8. The fourth-order valence-electron chi connectivity index (χ4n) is 3.11. The second kappa shape index (κ2) is 6.78. The standard InChI is InChI=1S/C17H18F2N2O4/c18-12-5-10(6-13(19)7-12)9-20-3-4-21(16(24)11-1-2-11)14(17(20)25)8-15(22)23/h5-7,11,14H,1-4,8-9H2,(H,22,23). The van der Waals surface area contributed by atoms with E-state index >= 15 is 0 Å². The van der Waals surface area contributed by atoms with Crippen molar-refractivity contribution in [3.63, 3.8) is 0 Å². The van der Waals surface area contributed by atoms with Crippen LogP contribution in [-0.4, -0.2) is 51.8 Å². The largest absolute Gasteiger partial charge is 0.481 e. The zero-order valence-electron chi connectivity index (χ0n) is 13.5. The van der Waals surface area contributed by atoms with Gasteiger partial charge in [-0.05, 0) is 30.5 Å². The van der Waals surface area contributed by atoms with Crippen molar-refractivity contribution in [1.82, 2.24) is 9.80 Å². The minimum Gasteiger partial charge on any atom is -0.481 e. The van der Waals surface area contributed by atoms with Gasteiger partial charge in [-0.2, -0.15) is 0 Å². The Morgan fingerprint density at radius 2 is 1.76 bits per heavy atom. The van der Waals surface area contributed by atoms with Gasteiger partial charge in [0.2, 0.25) is 11.8 Å². The van der Waals surface area contributed by atoms with Gasteiger partial charge in [-0.15, -0.1) is 0 Å². The molecule has 1 heterocycles. The second-order valence-corrected chi connectivity index (χ2v) is 6.46. The SMILES string of the molecule is O=C(O)CC1C(=O)N(Cc2cc(F)cc(F)c2)CCN1C(=O)C1CC1. The maximum Gasteiger partial charge on any atom is 0.305 e. The summed E-state index contributed by atoms with van der Waals surface area (Å²) in [5, 5.41) is 9.08. The van der Waals surface area contributed by atoms with Gasteiger partial charge in [0, 0.05) is 31.6 Å². The van der Waals surface area contributed by atoms with Crippen molar-refractivity contribution in [3.8, 4) is 0 Å². The number of rotatable bonds is 5. The number of carboxylic acids is 1. The Labute approximate surface area is 143 Å². The lowest BCUT2D eigenvalue weighted by Crippen LogP contribution is -2.59. The third-order valence-corrected chi connectivity index (χ3v) is 4.46. The Balaban J connectivity index is 1.77. The fourth-order valence-corrected chi connectivity index (χ4v) is 3.11. The van der Waals surface area contributed by atoms with Crippen LogP contribution in [0.3, 0.4) is 0 Å². The van der Waals surface area contributed by atoms with Crippen LogP contribution in [-0.2, 0) is 20.9 Å². The molecule has 1 aromatic carbocycles.